The second-order valence-corrected chi connectivity index (χ2v) is 7.43. The third kappa shape index (κ3) is 5.67. The van der Waals surface area contributed by atoms with E-state index < -0.39 is 17.8 Å². The van der Waals surface area contributed by atoms with Gasteiger partial charge in [-0.2, -0.15) is 0 Å². The summed E-state index contributed by atoms with van der Waals surface area (Å²) in [5.74, 6) is -1.02. The van der Waals surface area contributed by atoms with Gasteiger partial charge in [-0.1, -0.05) is 58.0 Å². The molecule has 154 valence electrons. The van der Waals surface area contributed by atoms with Crippen molar-refractivity contribution in [1.82, 2.24) is 0 Å². The topological polar surface area (TPSA) is 84.5 Å². The number of hydrogen-bond acceptors (Lipinski definition) is 4. The predicted molar refractivity (Wildman–Crippen MR) is 114 cm³/mol. The van der Waals surface area contributed by atoms with E-state index >= 15 is 0 Å². The molecule has 0 spiro atoms. The van der Waals surface area contributed by atoms with Gasteiger partial charge in [0, 0.05) is 5.69 Å². The number of benzene rings is 2. The average molecular weight is 396 g/mol. The molecule has 0 unspecified atom stereocenters. The molecule has 0 saturated heterocycles. The quantitative estimate of drug-likeness (QED) is 0.525. The summed E-state index contributed by atoms with van der Waals surface area (Å²) in [4.78, 5) is 36.8. The van der Waals surface area contributed by atoms with Crippen LogP contribution in [0.4, 0.5) is 11.4 Å². The lowest BCUT2D eigenvalue weighted by molar-refractivity contribution is -0.123. The molecule has 0 aliphatic carbocycles. The molecular formula is C23H28N2O4. The molecule has 0 aliphatic heterocycles. The minimum absolute atomic E-state index is 0.227. The maximum Gasteiger partial charge on any atom is 0.339 e. The van der Waals surface area contributed by atoms with Crippen LogP contribution in [-0.2, 0) is 14.3 Å². The molecule has 0 fully saturated rings. The molecule has 0 bridgehead atoms. The van der Waals surface area contributed by atoms with Crippen molar-refractivity contribution in [2.24, 2.45) is 0 Å². The lowest BCUT2D eigenvalue weighted by Gasteiger charge is -2.20. The number of ether oxygens (including phenoxy) is 1. The fourth-order valence-electron chi connectivity index (χ4n) is 3.10. The Morgan fingerprint density at radius 1 is 0.828 bits per heavy atom. The third-order valence-corrected chi connectivity index (χ3v) is 4.56. The summed E-state index contributed by atoms with van der Waals surface area (Å²) >= 11 is 0. The molecule has 0 aliphatic rings. The molecule has 2 aromatic rings. The van der Waals surface area contributed by atoms with E-state index in [1.165, 1.54) is 7.11 Å². The van der Waals surface area contributed by atoms with Gasteiger partial charge in [0.05, 0.1) is 18.4 Å². The van der Waals surface area contributed by atoms with Gasteiger partial charge in [0.1, 0.15) is 6.42 Å². The normalized spacial score (nSPS) is 10.7. The van der Waals surface area contributed by atoms with Crippen LogP contribution in [0.1, 0.15) is 67.4 Å². The summed E-state index contributed by atoms with van der Waals surface area (Å²) < 4.78 is 4.72. The molecule has 2 amide bonds. The van der Waals surface area contributed by atoms with Gasteiger partial charge in [-0.15, -0.1) is 0 Å². The van der Waals surface area contributed by atoms with Crippen LogP contribution in [0.3, 0.4) is 0 Å². The SMILES string of the molecule is COC(=O)c1ccccc1NC(=O)CC(=O)Nc1c(C(C)C)cccc1C(C)C. The standard InChI is InChI=1S/C23H28N2O4/c1-14(2)16-10-8-11-17(15(3)4)22(16)25-21(27)13-20(26)24-19-12-7-6-9-18(19)23(28)29-5/h6-12,14-15H,13H2,1-5H3,(H,24,26)(H,25,27). The van der Waals surface area contributed by atoms with E-state index in [9.17, 15) is 14.4 Å². The van der Waals surface area contributed by atoms with Crippen molar-refractivity contribution in [2.75, 3.05) is 17.7 Å². The smallest absolute Gasteiger partial charge is 0.339 e. The second kappa shape index (κ2) is 9.87. The Kier molecular flexibility index (Phi) is 7.53. The van der Waals surface area contributed by atoms with Crippen LogP contribution in [0, 0.1) is 0 Å². The molecule has 0 saturated carbocycles. The predicted octanol–water partition coefficient (Wildman–Crippen LogP) is 4.69. The third-order valence-electron chi connectivity index (χ3n) is 4.56. The number of anilines is 2. The number of methoxy groups -OCH3 is 1. The average Bonchev–Trinajstić information content (AvgIpc) is 2.67. The highest BCUT2D eigenvalue weighted by atomic mass is 16.5. The summed E-state index contributed by atoms with van der Waals surface area (Å²) in [6.07, 6.45) is -0.362. The number of carbonyl (C=O) groups excluding carboxylic acids is 3. The maximum absolute atomic E-state index is 12.6. The van der Waals surface area contributed by atoms with Crippen LogP contribution >= 0.6 is 0 Å². The Morgan fingerprint density at radius 2 is 1.38 bits per heavy atom. The number of esters is 1. The van der Waals surface area contributed by atoms with Crippen LogP contribution < -0.4 is 10.6 Å². The molecular weight excluding hydrogens is 368 g/mol. The first-order valence-electron chi connectivity index (χ1n) is 9.64. The summed E-state index contributed by atoms with van der Waals surface area (Å²) in [6.45, 7) is 8.24. The number of rotatable bonds is 7. The largest absolute Gasteiger partial charge is 0.465 e. The van der Waals surface area contributed by atoms with Gasteiger partial charge in [0.15, 0.2) is 0 Å². The van der Waals surface area contributed by atoms with Crippen LogP contribution in [0.15, 0.2) is 42.5 Å². The molecule has 2 rings (SSSR count). The molecule has 2 N–H and O–H groups in total. The number of amides is 2. The van der Waals surface area contributed by atoms with Gasteiger partial charge in [-0.05, 0) is 35.1 Å². The monoisotopic (exact) mass is 396 g/mol. The van der Waals surface area contributed by atoms with E-state index in [4.69, 9.17) is 4.74 Å². The van der Waals surface area contributed by atoms with Gasteiger partial charge >= 0.3 is 5.97 Å². The zero-order valence-corrected chi connectivity index (χ0v) is 17.5. The number of para-hydroxylation sites is 2. The zero-order chi connectivity index (χ0) is 21.6. The van der Waals surface area contributed by atoms with Gasteiger partial charge in [-0.3, -0.25) is 9.59 Å². The van der Waals surface area contributed by atoms with Crippen molar-refractivity contribution in [1.29, 1.82) is 0 Å². The van der Waals surface area contributed by atoms with Crippen molar-refractivity contribution in [3.63, 3.8) is 0 Å². The molecule has 6 nitrogen and oxygen atoms in total. The first kappa shape index (κ1) is 22.1. The van der Waals surface area contributed by atoms with Gasteiger partial charge < -0.3 is 15.4 Å². The van der Waals surface area contributed by atoms with Crippen molar-refractivity contribution in [3.8, 4) is 0 Å². The van der Waals surface area contributed by atoms with E-state index in [2.05, 4.69) is 38.3 Å². The molecule has 0 radical (unpaired) electrons. The van der Waals surface area contributed by atoms with Gasteiger partial charge in [0.2, 0.25) is 11.8 Å². The molecule has 0 heterocycles. The first-order valence-corrected chi connectivity index (χ1v) is 9.64. The lowest BCUT2D eigenvalue weighted by Crippen LogP contribution is -2.23. The second-order valence-electron chi connectivity index (χ2n) is 7.43. The summed E-state index contributed by atoms with van der Waals surface area (Å²) in [5, 5.41) is 5.53. The fourth-order valence-corrected chi connectivity index (χ4v) is 3.10. The van der Waals surface area contributed by atoms with Crippen molar-refractivity contribution in [3.05, 3.63) is 59.2 Å². The van der Waals surface area contributed by atoms with Gasteiger partial charge in [-0.25, -0.2) is 4.79 Å². The van der Waals surface area contributed by atoms with Crippen LogP contribution in [0.25, 0.3) is 0 Å². The molecule has 2 aromatic carbocycles. The zero-order valence-electron chi connectivity index (χ0n) is 17.5. The summed E-state index contributed by atoms with van der Waals surface area (Å²) in [7, 11) is 1.27. The Labute approximate surface area is 171 Å². The maximum atomic E-state index is 12.6. The highest BCUT2D eigenvalue weighted by Crippen LogP contribution is 2.32. The Hall–Kier alpha value is -3.15. The Bertz CT molecular complexity index is 877. The van der Waals surface area contributed by atoms with Crippen LogP contribution in [0.2, 0.25) is 0 Å². The summed E-state index contributed by atoms with van der Waals surface area (Å²) in [6, 6.07) is 12.5. The van der Waals surface area contributed by atoms with Gasteiger partial charge in [0.25, 0.3) is 0 Å². The molecule has 0 atom stereocenters. The minimum Gasteiger partial charge on any atom is -0.465 e. The number of carbonyl (C=O) groups is 3. The van der Waals surface area contributed by atoms with E-state index in [1.54, 1.807) is 24.3 Å². The highest BCUT2D eigenvalue weighted by Gasteiger charge is 2.19. The lowest BCUT2D eigenvalue weighted by atomic mass is 9.92. The number of nitrogens with one attached hydrogen (secondary N) is 2. The van der Waals surface area contributed by atoms with E-state index in [0.717, 1.165) is 16.8 Å². The van der Waals surface area contributed by atoms with Crippen LogP contribution in [0.5, 0.6) is 0 Å². The minimum atomic E-state index is -0.558. The molecule has 6 heteroatoms. The van der Waals surface area contributed by atoms with E-state index in [-0.39, 0.29) is 23.8 Å². The Morgan fingerprint density at radius 3 is 1.93 bits per heavy atom. The molecule has 0 aromatic heterocycles. The van der Waals surface area contributed by atoms with E-state index in [1.807, 2.05) is 18.2 Å². The number of hydrogen-bond donors (Lipinski definition) is 2. The van der Waals surface area contributed by atoms with Crippen molar-refractivity contribution in [2.45, 2.75) is 46.0 Å². The summed E-state index contributed by atoms with van der Waals surface area (Å²) in [5.41, 5.74) is 3.37. The van der Waals surface area contributed by atoms with E-state index in [0.29, 0.717) is 5.69 Å². The Balaban J connectivity index is 2.15. The first-order chi connectivity index (χ1) is 13.7. The van der Waals surface area contributed by atoms with Crippen LogP contribution in [-0.4, -0.2) is 24.9 Å². The fraction of sp³-hybridized carbons (Fsp3) is 0.348. The van der Waals surface area contributed by atoms with Crippen molar-refractivity contribution < 1.29 is 19.1 Å². The highest BCUT2D eigenvalue weighted by molar-refractivity contribution is 6.10. The van der Waals surface area contributed by atoms with Crippen molar-refractivity contribution >= 4 is 29.2 Å². The molecule has 29 heavy (non-hydrogen) atoms.